The van der Waals surface area contributed by atoms with Crippen molar-refractivity contribution in [2.45, 2.75) is 18.0 Å². The molecule has 0 amide bonds. The van der Waals surface area contributed by atoms with Gasteiger partial charge in [0.05, 0.1) is 42.5 Å². The molecule has 1 unspecified atom stereocenters. The lowest BCUT2D eigenvalue weighted by molar-refractivity contribution is 0.0779. The molecular formula is C20H21N3O3S2. The highest BCUT2D eigenvalue weighted by molar-refractivity contribution is 8.00. The molecule has 4 rings (SSSR count). The van der Waals surface area contributed by atoms with Crippen molar-refractivity contribution in [2.75, 3.05) is 32.6 Å². The topological polar surface area (TPSA) is 73.3 Å². The number of aryl methyl sites for hydroxylation is 1. The molecule has 3 aromatic rings. The van der Waals surface area contributed by atoms with Crippen molar-refractivity contribution in [3.63, 3.8) is 0 Å². The standard InChI is InChI=1S/C20H21N3O3S2/c1-12-22-15-4-3-13(25-2)9-14(15)20(23-12)27-11-17(24)19-6-5-18(28-19)16-10-26-8-7-21-16/h3-6,9,16,21H,7-8,10-11H2,1-2H3. The Balaban J connectivity index is 1.49. The fourth-order valence-electron chi connectivity index (χ4n) is 3.07. The van der Waals surface area contributed by atoms with Crippen LogP contribution in [0, 0.1) is 6.92 Å². The third-order valence-electron chi connectivity index (χ3n) is 4.49. The average molecular weight is 416 g/mol. The van der Waals surface area contributed by atoms with E-state index >= 15 is 0 Å². The zero-order valence-electron chi connectivity index (χ0n) is 15.7. The molecule has 3 heterocycles. The van der Waals surface area contributed by atoms with Gasteiger partial charge in [-0.3, -0.25) is 4.79 Å². The summed E-state index contributed by atoms with van der Waals surface area (Å²) in [7, 11) is 1.63. The average Bonchev–Trinajstić information content (AvgIpc) is 3.22. The molecule has 1 N–H and O–H groups in total. The molecule has 1 atom stereocenters. The Kier molecular flexibility index (Phi) is 5.91. The molecule has 1 aromatic carbocycles. The van der Waals surface area contributed by atoms with E-state index in [9.17, 15) is 4.79 Å². The molecule has 1 saturated heterocycles. The molecule has 1 aliphatic rings. The smallest absolute Gasteiger partial charge is 0.183 e. The minimum Gasteiger partial charge on any atom is -0.497 e. The molecule has 0 aliphatic carbocycles. The number of thioether (sulfide) groups is 1. The van der Waals surface area contributed by atoms with Crippen molar-refractivity contribution in [3.05, 3.63) is 45.9 Å². The number of carbonyl (C=O) groups is 1. The number of morpholine rings is 1. The molecule has 8 heteroatoms. The number of hydrogen-bond acceptors (Lipinski definition) is 8. The van der Waals surface area contributed by atoms with Crippen molar-refractivity contribution in [1.29, 1.82) is 0 Å². The van der Waals surface area contributed by atoms with E-state index in [1.165, 1.54) is 23.1 Å². The van der Waals surface area contributed by atoms with Crippen molar-refractivity contribution < 1.29 is 14.3 Å². The molecule has 2 aromatic heterocycles. The first-order valence-electron chi connectivity index (χ1n) is 9.03. The number of rotatable bonds is 6. The number of nitrogens with one attached hydrogen (secondary N) is 1. The number of methoxy groups -OCH3 is 1. The maximum Gasteiger partial charge on any atom is 0.183 e. The zero-order chi connectivity index (χ0) is 19.5. The molecule has 6 nitrogen and oxygen atoms in total. The second-order valence-electron chi connectivity index (χ2n) is 6.45. The third kappa shape index (κ3) is 4.20. The molecule has 0 bridgehead atoms. The van der Waals surface area contributed by atoms with Crippen LogP contribution >= 0.6 is 23.1 Å². The number of ketones is 1. The van der Waals surface area contributed by atoms with Gasteiger partial charge in [0.1, 0.15) is 16.6 Å². The molecule has 0 saturated carbocycles. The highest BCUT2D eigenvalue weighted by Crippen LogP contribution is 2.30. The summed E-state index contributed by atoms with van der Waals surface area (Å²) in [5, 5.41) is 5.12. The van der Waals surface area contributed by atoms with Gasteiger partial charge in [0.15, 0.2) is 5.78 Å². The van der Waals surface area contributed by atoms with Gasteiger partial charge in [-0.2, -0.15) is 0 Å². The van der Waals surface area contributed by atoms with Crippen LogP contribution in [0.4, 0.5) is 0 Å². The summed E-state index contributed by atoms with van der Waals surface area (Å²) in [6, 6.07) is 9.81. The van der Waals surface area contributed by atoms with E-state index in [-0.39, 0.29) is 11.8 Å². The molecule has 1 aliphatic heterocycles. The number of benzene rings is 1. The lowest BCUT2D eigenvalue weighted by Crippen LogP contribution is -2.33. The van der Waals surface area contributed by atoms with Crippen molar-refractivity contribution in [2.24, 2.45) is 0 Å². The summed E-state index contributed by atoms with van der Waals surface area (Å²) in [5.74, 6) is 1.87. The van der Waals surface area contributed by atoms with Crippen LogP contribution in [0.25, 0.3) is 10.9 Å². The maximum absolute atomic E-state index is 12.7. The van der Waals surface area contributed by atoms with E-state index in [4.69, 9.17) is 9.47 Å². The lowest BCUT2D eigenvalue weighted by Gasteiger charge is -2.22. The first-order valence-corrected chi connectivity index (χ1v) is 10.8. The van der Waals surface area contributed by atoms with E-state index in [0.717, 1.165) is 44.6 Å². The van der Waals surface area contributed by atoms with Crippen LogP contribution < -0.4 is 10.1 Å². The Morgan fingerprint density at radius 1 is 1.36 bits per heavy atom. The van der Waals surface area contributed by atoms with Crippen molar-refractivity contribution >= 4 is 39.8 Å². The predicted octanol–water partition coefficient (Wildman–Crippen LogP) is 3.64. The number of carbonyl (C=O) groups excluding carboxylic acids is 1. The summed E-state index contributed by atoms with van der Waals surface area (Å²) < 4.78 is 10.8. The van der Waals surface area contributed by atoms with E-state index in [1.807, 2.05) is 37.3 Å². The minimum absolute atomic E-state index is 0.102. The van der Waals surface area contributed by atoms with Crippen molar-refractivity contribution in [3.8, 4) is 5.75 Å². The third-order valence-corrected chi connectivity index (χ3v) is 6.72. The van der Waals surface area contributed by atoms with Crippen molar-refractivity contribution in [1.82, 2.24) is 15.3 Å². The van der Waals surface area contributed by atoms with Gasteiger partial charge in [-0.1, -0.05) is 11.8 Å². The lowest BCUT2D eigenvalue weighted by atomic mass is 10.2. The highest BCUT2D eigenvalue weighted by atomic mass is 32.2. The Bertz CT molecular complexity index is 1000. The van der Waals surface area contributed by atoms with Gasteiger partial charge in [-0.05, 0) is 37.3 Å². The van der Waals surface area contributed by atoms with Gasteiger partial charge < -0.3 is 14.8 Å². The van der Waals surface area contributed by atoms with Crippen LogP contribution in [0.2, 0.25) is 0 Å². The highest BCUT2D eigenvalue weighted by Gasteiger charge is 2.19. The molecule has 0 radical (unpaired) electrons. The van der Waals surface area contributed by atoms with Gasteiger partial charge in [-0.15, -0.1) is 11.3 Å². The fraction of sp³-hybridized carbons (Fsp3) is 0.350. The first-order chi connectivity index (χ1) is 13.6. The van der Waals surface area contributed by atoms with Gasteiger partial charge in [-0.25, -0.2) is 9.97 Å². The summed E-state index contributed by atoms with van der Waals surface area (Å²) in [5.41, 5.74) is 0.852. The molecular weight excluding hydrogens is 394 g/mol. The van der Waals surface area contributed by atoms with E-state index in [1.54, 1.807) is 7.11 Å². The van der Waals surface area contributed by atoms with Crippen LogP contribution in [-0.4, -0.2) is 48.4 Å². The van der Waals surface area contributed by atoms with E-state index < -0.39 is 0 Å². The van der Waals surface area contributed by atoms with Gasteiger partial charge >= 0.3 is 0 Å². The summed E-state index contributed by atoms with van der Waals surface area (Å²) >= 11 is 2.98. The van der Waals surface area contributed by atoms with E-state index in [0.29, 0.717) is 18.2 Å². The number of aromatic nitrogens is 2. The quantitative estimate of drug-likeness (QED) is 0.374. The van der Waals surface area contributed by atoms with Crippen LogP contribution in [-0.2, 0) is 4.74 Å². The SMILES string of the molecule is COc1ccc2nc(C)nc(SCC(=O)c3ccc(C4COCCN4)s3)c2c1. The van der Waals surface area contributed by atoms with Gasteiger partial charge in [0.2, 0.25) is 0 Å². The summed E-state index contributed by atoms with van der Waals surface area (Å²) in [4.78, 5) is 23.6. The molecule has 28 heavy (non-hydrogen) atoms. The fourth-order valence-corrected chi connectivity index (χ4v) is 5.11. The number of thiophene rings is 1. The summed E-state index contributed by atoms with van der Waals surface area (Å²) in [6.07, 6.45) is 0. The predicted molar refractivity (Wildman–Crippen MR) is 112 cm³/mol. The largest absolute Gasteiger partial charge is 0.497 e. The van der Waals surface area contributed by atoms with Gasteiger partial charge in [0.25, 0.3) is 0 Å². The van der Waals surface area contributed by atoms with Crippen LogP contribution in [0.15, 0.2) is 35.4 Å². The number of fused-ring (bicyclic) bond motifs is 1. The Morgan fingerprint density at radius 2 is 2.25 bits per heavy atom. The van der Waals surface area contributed by atoms with Crippen LogP contribution in [0.3, 0.4) is 0 Å². The Hall–Kier alpha value is -2.00. The Morgan fingerprint density at radius 3 is 3.04 bits per heavy atom. The molecule has 0 spiro atoms. The number of nitrogens with zero attached hydrogens (tertiary/aromatic N) is 2. The maximum atomic E-state index is 12.7. The summed E-state index contributed by atoms with van der Waals surface area (Å²) in [6.45, 7) is 4.09. The molecule has 1 fully saturated rings. The second-order valence-corrected chi connectivity index (χ2v) is 8.53. The normalized spacial score (nSPS) is 17.0. The van der Waals surface area contributed by atoms with Crippen LogP contribution in [0.5, 0.6) is 5.75 Å². The minimum atomic E-state index is 0.102. The number of ether oxygens (including phenoxy) is 2. The van der Waals surface area contributed by atoms with E-state index in [2.05, 4.69) is 15.3 Å². The first kappa shape index (κ1) is 19.3. The van der Waals surface area contributed by atoms with Gasteiger partial charge in [0, 0.05) is 16.8 Å². The Labute approximate surface area is 171 Å². The second kappa shape index (κ2) is 8.57. The van der Waals surface area contributed by atoms with Crippen LogP contribution in [0.1, 0.15) is 26.4 Å². The molecule has 146 valence electrons. The monoisotopic (exact) mass is 415 g/mol. The number of hydrogen-bond donors (Lipinski definition) is 1. The number of Topliss-reactive ketones (excluding diaryl/α,β-unsaturated/α-hetero) is 1. The zero-order valence-corrected chi connectivity index (χ0v) is 17.4.